The molecule has 126 valence electrons. The fourth-order valence-electron chi connectivity index (χ4n) is 3.55. The number of carbonyl (C=O) groups is 1. The van der Waals surface area contributed by atoms with Crippen LogP contribution in [0.2, 0.25) is 0 Å². The van der Waals surface area contributed by atoms with E-state index in [0.717, 1.165) is 18.7 Å². The van der Waals surface area contributed by atoms with Crippen LogP contribution in [-0.2, 0) is 10.2 Å². The van der Waals surface area contributed by atoms with E-state index >= 15 is 0 Å². The van der Waals surface area contributed by atoms with Crippen LogP contribution in [-0.4, -0.2) is 28.2 Å². The summed E-state index contributed by atoms with van der Waals surface area (Å²) in [5, 5.41) is 18.8. The zero-order valence-corrected chi connectivity index (χ0v) is 13.9. The number of nitrogens with one attached hydrogen (secondary N) is 1. The summed E-state index contributed by atoms with van der Waals surface area (Å²) in [6.07, 6.45) is 4.44. The van der Waals surface area contributed by atoms with E-state index in [1.807, 2.05) is 6.07 Å². The second-order valence-corrected chi connectivity index (χ2v) is 6.61. The van der Waals surface area contributed by atoms with E-state index < -0.39 is 11.4 Å². The first-order chi connectivity index (χ1) is 11.5. The number of nitriles is 1. The Balaban J connectivity index is 2.21. The molecular formula is C18H21N3O3. The van der Waals surface area contributed by atoms with Crippen molar-refractivity contribution >= 4 is 17.0 Å². The Bertz CT molecular complexity index is 815. The molecule has 0 amide bonds. The van der Waals surface area contributed by atoms with Gasteiger partial charge in [-0.15, -0.1) is 0 Å². The van der Waals surface area contributed by atoms with E-state index in [1.165, 1.54) is 12.8 Å². The molecule has 1 heterocycles. The van der Waals surface area contributed by atoms with Gasteiger partial charge in [-0.1, -0.05) is 18.9 Å². The number of H-pyrrole nitrogens is 1. The lowest BCUT2D eigenvalue weighted by molar-refractivity contribution is -0.143. The van der Waals surface area contributed by atoms with Crippen LogP contribution in [0.4, 0.5) is 0 Å². The van der Waals surface area contributed by atoms with E-state index in [9.17, 15) is 9.90 Å². The van der Waals surface area contributed by atoms with Gasteiger partial charge in [-0.2, -0.15) is 5.26 Å². The molecule has 1 saturated carbocycles. The van der Waals surface area contributed by atoms with Gasteiger partial charge in [0, 0.05) is 5.92 Å². The average molecular weight is 327 g/mol. The number of carboxylic acid groups (broad SMARTS) is 1. The molecule has 1 aliphatic carbocycles. The number of hydrogen-bond acceptors (Lipinski definition) is 4. The lowest BCUT2D eigenvalue weighted by Gasteiger charge is -2.23. The SMILES string of the molecule is COc1ccc(C(C)(CC#N)C(=O)O)c2[nH]c(C3CCCC3)nc12. The third-order valence-corrected chi connectivity index (χ3v) is 5.09. The largest absolute Gasteiger partial charge is 0.494 e. The molecule has 2 N–H and O–H groups in total. The van der Waals surface area contributed by atoms with Crippen molar-refractivity contribution < 1.29 is 14.6 Å². The fourth-order valence-corrected chi connectivity index (χ4v) is 3.55. The maximum atomic E-state index is 11.9. The van der Waals surface area contributed by atoms with Gasteiger partial charge in [-0.05, 0) is 31.4 Å². The second-order valence-electron chi connectivity index (χ2n) is 6.61. The van der Waals surface area contributed by atoms with Crippen molar-refractivity contribution in [1.82, 2.24) is 9.97 Å². The van der Waals surface area contributed by atoms with Gasteiger partial charge < -0.3 is 14.8 Å². The minimum Gasteiger partial charge on any atom is -0.494 e. The van der Waals surface area contributed by atoms with E-state index in [1.54, 1.807) is 26.2 Å². The number of nitrogens with zero attached hydrogens (tertiary/aromatic N) is 2. The molecule has 24 heavy (non-hydrogen) atoms. The molecule has 2 aromatic rings. The number of fused-ring (bicyclic) bond motifs is 1. The Labute approximate surface area is 140 Å². The normalized spacial score (nSPS) is 17.5. The van der Waals surface area contributed by atoms with Crippen LogP contribution in [0.5, 0.6) is 5.75 Å². The quantitative estimate of drug-likeness (QED) is 0.876. The summed E-state index contributed by atoms with van der Waals surface area (Å²) in [5.41, 5.74) is 0.585. The van der Waals surface area contributed by atoms with E-state index in [4.69, 9.17) is 15.0 Å². The van der Waals surface area contributed by atoms with Crippen molar-refractivity contribution in [2.24, 2.45) is 0 Å². The third kappa shape index (κ3) is 2.50. The van der Waals surface area contributed by atoms with Crippen LogP contribution in [0.15, 0.2) is 12.1 Å². The van der Waals surface area contributed by atoms with Gasteiger partial charge in [-0.3, -0.25) is 4.79 Å². The molecule has 0 radical (unpaired) electrons. The van der Waals surface area contributed by atoms with Crippen LogP contribution in [0.3, 0.4) is 0 Å². The number of carboxylic acids is 1. The maximum Gasteiger partial charge on any atom is 0.314 e. The molecule has 1 aliphatic rings. The zero-order valence-electron chi connectivity index (χ0n) is 13.9. The summed E-state index contributed by atoms with van der Waals surface area (Å²) in [4.78, 5) is 19.9. The smallest absolute Gasteiger partial charge is 0.314 e. The van der Waals surface area contributed by atoms with Gasteiger partial charge in [0.25, 0.3) is 0 Å². The molecule has 1 fully saturated rings. The second kappa shape index (κ2) is 6.16. The summed E-state index contributed by atoms with van der Waals surface area (Å²) < 4.78 is 5.40. The summed E-state index contributed by atoms with van der Waals surface area (Å²) in [6.45, 7) is 1.58. The molecule has 1 aromatic carbocycles. The molecular weight excluding hydrogens is 306 g/mol. The molecule has 0 aliphatic heterocycles. The van der Waals surface area contributed by atoms with E-state index in [2.05, 4.69) is 4.98 Å². The Morgan fingerprint density at radius 3 is 2.79 bits per heavy atom. The summed E-state index contributed by atoms with van der Waals surface area (Å²) in [7, 11) is 1.57. The number of benzene rings is 1. The van der Waals surface area contributed by atoms with Gasteiger partial charge in [0.05, 0.1) is 25.1 Å². The van der Waals surface area contributed by atoms with Crippen molar-refractivity contribution in [2.45, 2.75) is 50.4 Å². The first-order valence-electron chi connectivity index (χ1n) is 8.18. The number of hydrogen-bond donors (Lipinski definition) is 2. The van der Waals surface area contributed by atoms with Crippen LogP contribution < -0.4 is 4.74 Å². The number of aliphatic carboxylic acids is 1. The van der Waals surface area contributed by atoms with Crippen molar-refractivity contribution in [3.8, 4) is 11.8 Å². The standard InChI is InChI=1S/C18H21N3O3/c1-18(9-10-19,17(22)23)12-7-8-13(24-2)15-14(12)20-16(21-15)11-5-3-4-6-11/h7-8,11H,3-6,9H2,1-2H3,(H,20,21)(H,22,23). The first kappa shape index (κ1) is 16.3. The number of ether oxygens (including phenoxy) is 1. The number of rotatable bonds is 5. The monoisotopic (exact) mass is 327 g/mol. The predicted octanol–water partition coefficient (Wildman–Crippen LogP) is 3.49. The van der Waals surface area contributed by atoms with Crippen molar-refractivity contribution in [3.63, 3.8) is 0 Å². The highest BCUT2D eigenvalue weighted by Crippen LogP contribution is 2.39. The van der Waals surface area contributed by atoms with Crippen molar-refractivity contribution in [2.75, 3.05) is 7.11 Å². The molecule has 1 aromatic heterocycles. The molecule has 0 bridgehead atoms. The summed E-state index contributed by atoms with van der Waals surface area (Å²) in [5.74, 6) is 0.853. The average Bonchev–Trinajstić information content (AvgIpc) is 3.22. The van der Waals surface area contributed by atoms with Crippen LogP contribution >= 0.6 is 0 Å². The number of methoxy groups -OCH3 is 1. The van der Waals surface area contributed by atoms with E-state index in [0.29, 0.717) is 28.3 Å². The number of imidazole rings is 1. The lowest BCUT2D eigenvalue weighted by atomic mass is 9.79. The minimum atomic E-state index is -1.29. The van der Waals surface area contributed by atoms with Crippen LogP contribution in [0.25, 0.3) is 11.0 Å². The highest BCUT2D eigenvalue weighted by molar-refractivity contribution is 5.92. The summed E-state index contributed by atoms with van der Waals surface area (Å²) in [6, 6.07) is 5.45. The minimum absolute atomic E-state index is 0.110. The zero-order chi connectivity index (χ0) is 17.3. The Morgan fingerprint density at radius 1 is 1.50 bits per heavy atom. The molecule has 0 spiro atoms. The Hall–Kier alpha value is -2.55. The van der Waals surface area contributed by atoms with Gasteiger partial charge in [0.1, 0.15) is 22.5 Å². The van der Waals surface area contributed by atoms with Gasteiger partial charge in [0.2, 0.25) is 0 Å². The van der Waals surface area contributed by atoms with Crippen LogP contribution in [0.1, 0.15) is 56.3 Å². The Kier molecular flexibility index (Phi) is 4.18. The third-order valence-electron chi connectivity index (χ3n) is 5.09. The molecule has 0 saturated heterocycles. The lowest BCUT2D eigenvalue weighted by Crippen LogP contribution is -2.32. The molecule has 6 heteroatoms. The number of aromatic nitrogens is 2. The van der Waals surface area contributed by atoms with Gasteiger partial charge in [0.15, 0.2) is 0 Å². The Morgan fingerprint density at radius 2 is 2.21 bits per heavy atom. The topological polar surface area (TPSA) is 99.0 Å². The summed E-state index contributed by atoms with van der Waals surface area (Å²) >= 11 is 0. The van der Waals surface area contributed by atoms with Crippen LogP contribution in [0, 0.1) is 11.3 Å². The van der Waals surface area contributed by atoms with Gasteiger partial charge >= 0.3 is 5.97 Å². The van der Waals surface area contributed by atoms with E-state index in [-0.39, 0.29) is 6.42 Å². The predicted molar refractivity (Wildman–Crippen MR) is 89.1 cm³/mol. The highest BCUT2D eigenvalue weighted by Gasteiger charge is 2.38. The molecule has 1 unspecified atom stereocenters. The molecule has 3 rings (SSSR count). The highest BCUT2D eigenvalue weighted by atomic mass is 16.5. The molecule has 1 atom stereocenters. The number of aromatic amines is 1. The molecule has 6 nitrogen and oxygen atoms in total. The van der Waals surface area contributed by atoms with Gasteiger partial charge in [-0.25, -0.2) is 4.98 Å². The maximum absolute atomic E-state index is 11.9. The fraction of sp³-hybridized carbons (Fsp3) is 0.500. The first-order valence-corrected chi connectivity index (χ1v) is 8.18. The van der Waals surface area contributed by atoms with Crippen molar-refractivity contribution in [1.29, 1.82) is 5.26 Å². The van der Waals surface area contributed by atoms with Crippen molar-refractivity contribution in [3.05, 3.63) is 23.5 Å².